The number of carbonyl (C=O) groups excluding carboxylic acids is 2. The summed E-state index contributed by atoms with van der Waals surface area (Å²) in [6, 6.07) is 23.6. The zero-order valence-electron chi connectivity index (χ0n) is 17.9. The van der Waals surface area contributed by atoms with Crippen molar-refractivity contribution in [1.29, 1.82) is 5.26 Å². The normalized spacial score (nSPS) is 10.7. The number of hydrogen-bond acceptors (Lipinski definition) is 4. The van der Waals surface area contributed by atoms with Gasteiger partial charge in [0, 0.05) is 16.9 Å². The van der Waals surface area contributed by atoms with Gasteiger partial charge in [-0.15, -0.1) is 0 Å². The highest BCUT2D eigenvalue weighted by molar-refractivity contribution is 6.10. The number of para-hydroxylation sites is 2. The molecule has 32 heavy (non-hydrogen) atoms. The first-order valence-electron chi connectivity index (χ1n) is 10.0. The van der Waals surface area contributed by atoms with Gasteiger partial charge in [-0.1, -0.05) is 54.1 Å². The Morgan fingerprint density at radius 3 is 2.34 bits per heavy atom. The highest BCUT2D eigenvalue weighted by Crippen LogP contribution is 2.22. The van der Waals surface area contributed by atoms with E-state index in [4.69, 9.17) is 4.74 Å². The van der Waals surface area contributed by atoms with Gasteiger partial charge in [-0.3, -0.25) is 9.59 Å². The number of anilines is 2. The summed E-state index contributed by atoms with van der Waals surface area (Å²) in [5.74, 6) is -0.442. The molecular formula is C26H23N3O3. The Balaban J connectivity index is 1.70. The summed E-state index contributed by atoms with van der Waals surface area (Å²) < 4.78 is 5.66. The number of nitriles is 1. The van der Waals surface area contributed by atoms with Crippen LogP contribution in [0.25, 0.3) is 6.08 Å². The van der Waals surface area contributed by atoms with E-state index in [1.165, 1.54) is 6.08 Å². The quantitative estimate of drug-likeness (QED) is 0.417. The predicted molar refractivity (Wildman–Crippen MR) is 125 cm³/mol. The first-order valence-corrected chi connectivity index (χ1v) is 10.0. The van der Waals surface area contributed by atoms with Crippen LogP contribution in [0.15, 0.2) is 78.4 Å². The van der Waals surface area contributed by atoms with E-state index in [9.17, 15) is 14.9 Å². The zero-order chi connectivity index (χ0) is 22.9. The van der Waals surface area contributed by atoms with Crippen molar-refractivity contribution >= 4 is 29.3 Å². The SMILES string of the molecule is Cc1ccc(NC(=O)COc2ccccc2/C=C(\C#N)C(=O)Nc2ccccc2C)cc1. The van der Waals surface area contributed by atoms with Crippen molar-refractivity contribution in [2.75, 3.05) is 17.2 Å². The molecule has 0 heterocycles. The van der Waals surface area contributed by atoms with Crippen molar-refractivity contribution < 1.29 is 14.3 Å². The molecule has 0 saturated carbocycles. The number of nitrogens with one attached hydrogen (secondary N) is 2. The van der Waals surface area contributed by atoms with Gasteiger partial charge < -0.3 is 15.4 Å². The van der Waals surface area contributed by atoms with Gasteiger partial charge in [-0.2, -0.15) is 5.26 Å². The molecule has 0 unspecified atom stereocenters. The summed E-state index contributed by atoms with van der Waals surface area (Å²) in [5, 5.41) is 15.0. The van der Waals surface area contributed by atoms with E-state index in [-0.39, 0.29) is 18.1 Å². The molecule has 3 rings (SSSR count). The maximum absolute atomic E-state index is 12.6. The number of benzene rings is 3. The van der Waals surface area contributed by atoms with Crippen LogP contribution in [0.4, 0.5) is 11.4 Å². The van der Waals surface area contributed by atoms with E-state index in [2.05, 4.69) is 10.6 Å². The van der Waals surface area contributed by atoms with E-state index in [0.29, 0.717) is 22.7 Å². The summed E-state index contributed by atoms with van der Waals surface area (Å²) in [7, 11) is 0. The van der Waals surface area contributed by atoms with Crippen LogP contribution >= 0.6 is 0 Å². The largest absolute Gasteiger partial charge is 0.483 e. The number of carbonyl (C=O) groups is 2. The first kappa shape index (κ1) is 22.3. The molecule has 0 aliphatic rings. The van der Waals surface area contributed by atoms with E-state index in [1.807, 2.05) is 62.4 Å². The van der Waals surface area contributed by atoms with Crippen molar-refractivity contribution in [3.8, 4) is 11.8 Å². The van der Waals surface area contributed by atoms with Crippen molar-refractivity contribution in [2.45, 2.75) is 13.8 Å². The van der Waals surface area contributed by atoms with Gasteiger partial charge in [0.25, 0.3) is 11.8 Å². The Bertz CT molecular complexity index is 1190. The molecule has 0 aliphatic heterocycles. The molecule has 0 radical (unpaired) electrons. The second-order valence-electron chi connectivity index (χ2n) is 7.18. The van der Waals surface area contributed by atoms with E-state index in [1.54, 1.807) is 30.3 Å². The maximum Gasteiger partial charge on any atom is 0.266 e. The van der Waals surface area contributed by atoms with Crippen LogP contribution in [0.1, 0.15) is 16.7 Å². The molecule has 0 atom stereocenters. The number of ether oxygens (including phenoxy) is 1. The molecule has 160 valence electrons. The van der Waals surface area contributed by atoms with Crippen molar-refractivity contribution in [3.05, 3.63) is 95.1 Å². The summed E-state index contributed by atoms with van der Waals surface area (Å²) in [6.07, 6.45) is 1.45. The van der Waals surface area contributed by atoms with Crippen LogP contribution in [-0.2, 0) is 9.59 Å². The topological polar surface area (TPSA) is 91.2 Å². The molecule has 0 aliphatic carbocycles. The number of rotatable bonds is 7. The van der Waals surface area contributed by atoms with E-state index in [0.717, 1.165) is 11.1 Å². The first-order chi connectivity index (χ1) is 15.5. The Morgan fingerprint density at radius 1 is 0.938 bits per heavy atom. The molecule has 0 spiro atoms. The highest BCUT2D eigenvalue weighted by Gasteiger charge is 2.13. The molecule has 0 fully saturated rings. The van der Waals surface area contributed by atoms with E-state index >= 15 is 0 Å². The van der Waals surface area contributed by atoms with E-state index < -0.39 is 5.91 Å². The fourth-order valence-electron chi connectivity index (χ4n) is 2.92. The lowest BCUT2D eigenvalue weighted by molar-refractivity contribution is -0.118. The number of nitrogens with zero attached hydrogens (tertiary/aromatic N) is 1. The second-order valence-corrected chi connectivity index (χ2v) is 7.18. The highest BCUT2D eigenvalue weighted by atomic mass is 16.5. The summed E-state index contributed by atoms with van der Waals surface area (Å²) in [5.41, 5.74) is 3.75. The average molecular weight is 425 g/mol. The smallest absolute Gasteiger partial charge is 0.266 e. The minimum atomic E-state index is -0.520. The van der Waals surface area contributed by atoms with Crippen molar-refractivity contribution in [1.82, 2.24) is 0 Å². The summed E-state index contributed by atoms with van der Waals surface area (Å²) >= 11 is 0. The third-order valence-corrected chi connectivity index (χ3v) is 4.67. The molecule has 6 heteroatoms. The van der Waals surface area contributed by atoms with Gasteiger partial charge in [-0.25, -0.2) is 0 Å². The van der Waals surface area contributed by atoms with Gasteiger partial charge in [0.1, 0.15) is 17.4 Å². The van der Waals surface area contributed by atoms with Gasteiger partial charge in [-0.05, 0) is 49.8 Å². The predicted octanol–water partition coefficient (Wildman–Crippen LogP) is 4.87. The molecular weight excluding hydrogens is 402 g/mol. The van der Waals surface area contributed by atoms with Crippen LogP contribution in [0.3, 0.4) is 0 Å². The molecule has 6 nitrogen and oxygen atoms in total. The lowest BCUT2D eigenvalue weighted by atomic mass is 10.1. The van der Waals surface area contributed by atoms with Crippen LogP contribution in [-0.4, -0.2) is 18.4 Å². The monoisotopic (exact) mass is 425 g/mol. The maximum atomic E-state index is 12.6. The molecule has 2 amide bonds. The number of hydrogen-bond donors (Lipinski definition) is 2. The minimum absolute atomic E-state index is 0.0755. The molecule has 0 bridgehead atoms. The van der Waals surface area contributed by atoms with Gasteiger partial charge in [0.2, 0.25) is 0 Å². The Kier molecular flexibility index (Phi) is 7.39. The average Bonchev–Trinajstić information content (AvgIpc) is 2.79. The fraction of sp³-hybridized carbons (Fsp3) is 0.115. The number of aryl methyl sites for hydroxylation is 2. The van der Waals surface area contributed by atoms with Crippen LogP contribution in [0, 0.1) is 25.2 Å². The standard InChI is InChI=1S/C26H23N3O3/c1-18-11-13-22(14-12-18)28-25(30)17-32-24-10-6-4-8-20(24)15-21(16-27)26(31)29-23-9-5-3-7-19(23)2/h3-15H,17H2,1-2H3,(H,28,30)(H,29,31)/b21-15+. The molecule has 0 aromatic heterocycles. The third-order valence-electron chi connectivity index (χ3n) is 4.67. The Morgan fingerprint density at radius 2 is 1.62 bits per heavy atom. The lowest BCUT2D eigenvalue weighted by Crippen LogP contribution is -2.20. The van der Waals surface area contributed by atoms with Crippen LogP contribution in [0.2, 0.25) is 0 Å². The zero-order valence-corrected chi connectivity index (χ0v) is 17.9. The third kappa shape index (κ3) is 6.07. The van der Waals surface area contributed by atoms with Gasteiger partial charge in [0.05, 0.1) is 0 Å². The van der Waals surface area contributed by atoms with Crippen LogP contribution in [0.5, 0.6) is 5.75 Å². The second kappa shape index (κ2) is 10.6. The van der Waals surface area contributed by atoms with Crippen LogP contribution < -0.4 is 15.4 Å². The van der Waals surface area contributed by atoms with Gasteiger partial charge >= 0.3 is 0 Å². The molecule has 2 N–H and O–H groups in total. The fourth-order valence-corrected chi connectivity index (χ4v) is 2.92. The molecule has 3 aromatic rings. The Labute approximate surface area is 187 Å². The lowest BCUT2D eigenvalue weighted by Gasteiger charge is -2.11. The summed E-state index contributed by atoms with van der Waals surface area (Å²) in [4.78, 5) is 24.8. The number of amides is 2. The van der Waals surface area contributed by atoms with Crippen molar-refractivity contribution in [2.24, 2.45) is 0 Å². The summed E-state index contributed by atoms with van der Waals surface area (Å²) in [6.45, 7) is 3.63. The molecule has 0 saturated heterocycles. The Hall–Kier alpha value is -4.37. The van der Waals surface area contributed by atoms with Gasteiger partial charge in [0.15, 0.2) is 6.61 Å². The van der Waals surface area contributed by atoms with Crippen molar-refractivity contribution in [3.63, 3.8) is 0 Å². The minimum Gasteiger partial charge on any atom is -0.483 e. The molecule has 3 aromatic carbocycles.